The molecule has 3 aromatic rings. The fourth-order valence-electron chi connectivity index (χ4n) is 2.83. The van der Waals surface area contributed by atoms with Gasteiger partial charge in [-0.05, 0) is 60.2 Å². The molecule has 0 unspecified atom stereocenters. The number of hydrogen-bond acceptors (Lipinski definition) is 4. The average Bonchev–Trinajstić information content (AvgIpc) is 2.77. The molecule has 0 aliphatic rings. The van der Waals surface area contributed by atoms with E-state index in [1.54, 1.807) is 36.4 Å². The first-order valence-electron chi connectivity index (χ1n) is 9.16. The molecule has 0 bridgehead atoms. The van der Waals surface area contributed by atoms with Gasteiger partial charge in [0.1, 0.15) is 5.82 Å². The fourth-order valence-corrected chi connectivity index (χ4v) is 2.83. The van der Waals surface area contributed by atoms with E-state index < -0.39 is 5.82 Å². The Morgan fingerprint density at radius 2 is 1.53 bits per heavy atom. The van der Waals surface area contributed by atoms with Gasteiger partial charge >= 0.3 is 0 Å². The SMILES string of the molecule is COc1ccc(C(=O)NCc2cccc(NC(=O)c3ccc(F)cc3)c2)cc1OC. The second kappa shape index (κ2) is 9.56. The minimum Gasteiger partial charge on any atom is -0.493 e. The summed E-state index contributed by atoms with van der Waals surface area (Å²) in [6.45, 7) is 0.271. The van der Waals surface area contributed by atoms with Crippen LogP contribution in [0.25, 0.3) is 0 Å². The quantitative estimate of drug-likeness (QED) is 0.619. The molecular formula is C23H21FN2O4. The summed E-state index contributed by atoms with van der Waals surface area (Å²) in [6.07, 6.45) is 0. The molecule has 0 aliphatic heterocycles. The molecule has 7 heteroatoms. The summed E-state index contributed by atoms with van der Waals surface area (Å²) in [5.74, 6) is -0.00807. The number of nitrogens with one attached hydrogen (secondary N) is 2. The molecule has 0 aliphatic carbocycles. The zero-order valence-corrected chi connectivity index (χ0v) is 16.6. The van der Waals surface area contributed by atoms with Crippen LogP contribution >= 0.6 is 0 Å². The van der Waals surface area contributed by atoms with Crippen LogP contribution in [-0.4, -0.2) is 26.0 Å². The summed E-state index contributed by atoms with van der Waals surface area (Å²) in [7, 11) is 3.03. The van der Waals surface area contributed by atoms with Crippen LogP contribution in [-0.2, 0) is 6.54 Å². The first kappa shape index (κ1) is 20.9. The minimum atomic E-state index is -0.404. The Balaban J connectivity index is 1.63. The molecule has 154 valence electrons. The van der Waals surface area contributed by atoms with Crippen molar-refractivity contribution in [3.63, 3.8) is 0 Å². The molecule has 0 aromatic heterocycles. The summed E-state index contributed by atoms with van der Waals surface area (Å²) < 4.78 is 23.4. The van der Waals surface area contributed by atoms with E-state index in [0.717, 1.165) is 5.56 Å². The lowest BCUT2D eigenvalue weighted by atomic mass is 10.1. The number of rotatable bonds is 7. The van der Waals surface area contributed by atoms with Crippen LogP contribution in [0.15, 0.2) is 66.7 Å². The predicted octanol–water partition coefficient (Wildman–Crippen LogP) is 4.03. The lowest BCUT2D eigenvalue weighted by molar-refractivity contribution is 0.0949. The number of carbonyl (C=O) groups excluding carboxylic acids is 2. The summed E-state index contributed by atoms with van der Waals surface area (Å²) in [4.78, 5) is 24.7. The second-order valence-corrected chi connectivity index (χ2v) is 6.41. The van der Waals surface area contributed by atoms with E-state index in [4.69, 9.17) is 9.47 Å². The molecule has 0 fully saturated rings. The third-order valence-electron chi connectivity index (χ3n) is 4.39. The number of anilines is 1. The number of carbonyl (C=O) groups is 2. The number of hydrogen-bond donors (Lipinski definition) is 2. The largest absolute Gasteiger partial charge is 0.493 e. The highest BCUT2D eigenvalue weighted by Gasteiger charge is 2.11. The van der Waals surface area contributed by atoms with Gasteiger partial charge in [0.05, 0.1) is 14.2 Å². The van der Waals surface area contributed by atoms with E-state index in [-0.39, 0.29) is 18.4 Å². The van der Waals surface area contributed by atoms with Crippen LogP contribution < -0.4 is 20.1 Å². The first-order valence-corrected chi connectivity index (χ1v) is 9.16. The molecule has 3 aromatic carbocycles. The van der Waals surface area contributed by atoms with Gasteiger partial charge in [-0.15, -0.1) is 0 Å². The van der Waals surface area contributed by atoms with E-state index in [1.165, 1.54) is 38.5 Å². The summed E-state index contributed by atoms with van der Waals surface area (Å²) in [6, 6.07) is 17.3. The van der Waals surface area contributed by atoms with Gasteiger partial charge in [0.25, 0.3) is 11.8 Å². The van der Waals surface area contributed by atoms with Gasteiger partial charge in [-0.25, -0.2) is 4.39 Å². The van der Waals surface area contributed by atoms with Gasteiger partial charge in [0.2, 0.25) is 0 Å². The summed E-state index contributed by atoms with van der Waals surface area (Å²) in [5, 5.41) is 5.59. The number of ether oxygens (including phenoxy) is 2. The van der Waals surface area contributed by atoms with Crippen molar-refractivity contribution in [1.29, 1.82) is 0 Å². The molecule has 2 amide bonds. The van der Waals surface area contributed by atoms with Gasteiger partial charge < -0.3 is 20.1 Å². The molecule has 0 saturated carbocycles. The third-order valence-corrected chi connectivity index (χ3v) is 4.39. The van der Waals surface area contributed by atoms with Crippen molar-refractivity contribution in [2.75, 3.05) is 19.5 Å². The standard InChI is InChI=1S/C23H21FN2O4/c1-29-20-11-8-17(13-21(20)30-2)22(27)25-14-15-4-3-5-19(12-15)26-23(28)16-6-9-18(24)10-7-16/h3-13H,14H2,1-2H3,(H,25,27)(H,26,28). The highest BCUT2D eigenvalue weighted by atomic mass is 19.1. The van der Waals surface area contributed by atoms with Crippen LogP contribution in [0.1, 0.15) is 26.3 Å². The monoisotopic (exact) mass is 408 g/mol. The van der Waals surface area contributed by atoms with Crippen molar-refractivity contribution in [2.45, 2.75) is 6.54 Å². The molecule has 30 heavy (non-hydrogen) atoms. The summed E-state index contributed by atoms with van der Waals surface area (Å²) >= 11 is 0. The minimum absolute atomic E-state index is 0.267. The molecule has 0 spiro atoms. The highest BCUT2D eigenvalue weighted by Crippen LogP contribution is 2.27. The van der Waals surface area contributed by atoms with E-state index in [1.807, 2.05) is 6.07 Å². The van der Waals surface area contributed by atoms with E-state index in [2.05, 4.69) is 10.6 Å². The zero-order valence-electron chi connectivity index (χ0n) is 16.6. The smallest absolute Gasteiger partial charge is 0.255 e. The Bertz CT molecular complexity index is 1050. The lowest BCUT2D eigenvalue weighted by Gasteiger charge is -2.11. The Kier molecular flexibility index (Phi) is 6.64. The van der Waals surface area contributed by atoms with Crippen molar-refractivity contribution in [3.8, 4) is 11.5 Å². The van der Waals surface area contributed by atoms with Crippen LogP contribution in [0, 0.1) is 5.82 Å². The Hall–Kier alpha value is -3.87. The second-order valence-electron chi connectivity index (χ2n) is 6.41. The van der Waals surface area contributed by atoms with Crippen molar-refractivity contribution in [1.82, 2.24) is 5.32 Å². The average molecular weight is 408 g/mol. The van der Waals surface area contributed by atoms with Gasteiger partial charge in [0, 0.05) is 23.4 Å². The number of halogens is 1. The number of methoxy groups -OCH3 is 2. The van der Waals surface area contributed by atoms with E-state index >= 15 is 0 Å². The maximum absolute atomic E-state index is 13.0. The van der Waals surface area contributed by atoms with Crippen LogP contribution in [0.3, 0.4) is 0 Å². The third kappa shape index (κ3) is 5.14. The maximum Gasteiger partial charge on any atom is 0.255 e. The molecular weight excluding hydrogens is 387 g/mol. The van der Waals surface area contributed by atoms with Crippen molar-refractivity contribution >= 4 is 17.5 Å². The maximum atomic E-state index is 13.0. The molecule has 0 heterocycles. The zero-order chi connectivity index (χ0) is 21.5. The van der Waals surface area contributed by atoms with Crippen LogP contribution in [0.5, 0.6) is 11.5 Å². The Labute approximate surface area is 173 Å². The number of benzene rings is 3. The topological polar surface area (TPSA) is 76.7 Å². The summed E-state index contributed by atoms with van der Waals surface area (Å²) in [5.41, 5.74) is 2.17. The fraction of sp³-hybridized carbons (Fsp3) is 0.130. The number of amides is 2. The van der Waals surface area contributed by atoms with Gasteiger partial charge in [-0.1, -0.05) is 12.1 Å². The first-order chi connectivity index (χ1) is 14.5. The van der Waals surface area contributed by atoms with Crippen molar-refractivity contribution in [2.24, 2.45) is 0 Å². The molecule has 6 nitrogen and oxygen atoms in total. The van der Waals surface area contributed by atoms with Gasteiger partial charge in [-0.3, -0.25) is 9.59 Å². The van der Waals surface area contributed by atoms with Gasteiger partial charge in [0.15, 0.2) is 11.5 Å². The van der Waals surface area contributed by atoms with Gasteiger partial charge in [-0.2, -0.15) is 0 Å². The molecule has 0 saturated heterocycles. The van der Waals surface area contributed by atoms with Crippen LogP contribution in [0.2, 0.25) is 0 Å². The normalized spacial score (nSPS) is 10.2. The van der Waals surface area contributed by atoms with Crippen molar-refractivity contribution in [3.05, 3.63) is 89.2 Å². The molecule has 3 rings (SSSR count). The molecule has 0 radical (unpaired) electrons. The predicted molar refractivity (Wildman–Crippen MR) is 112 cm³/mol. The van der Waals surface area contributed by atoms with Crippen LogP contribution in [0.4, 0.5) is 10.1 Å². The van der Waals surface area contributed by atoms with E-state index in [9.17, 15) is 14.0 Å². The Morgan fingerprint density at radius 3 is 2.23 bits per heavy atom. The Morgan fingerprint density at radius 1 is 0.833 bits per heavy atom. The highest BCUT2D eigenvalue weighted by molar-refractivity contribution is 6.04. The lowest BCUT2D eigenvalue weighted by Crippen LogP contribution is -2.23. The molecule has 2 N–H and O–H groups in total. The van der Waals surface area contributed by atoms with E-state index in [0.29, 0.717) is 28.3 Å². The van der Waals surface area contributed by atoms with Crippen molar-refractivity contribution < 1.29 is 23.5 Å². The molecule has 0 atom stereocenters.